The fourth-order valence-electron chi connectivity index (χ4n) is 4.03. The number of benzene rings is 3. The highest BCUT2D eigenvalue weighted by atomic mass is 35.5. The van der Waals surface area contributed by atoms with Gasteiger partial charge in [-0.1, -0.05) is 67.1 Å². The van der Waals surface area contributed by atoms with Crippen LogP contribution in [-0.2, 0) is 32.6 Å². The van der Waals surface area contributed by atoms with E-state index in [1.807, 2.05) is 44.2 Å². The highest BCUT2D eigenvalue weighted by molar-refractivity contribution is 7.92. The van der Waals surface area contributed by atoms with E-state index in [4.69, 9.17) is 11.6 Å². The minimum absolute atomic E-state index is 0.156. The van der Waals surface area contributed by atoms with Gasteiger partial charge in [0.15, 0.2) is 0 Å². The van der Waals surface area contributed by atoms with Crippen molar-refractivity contribution in [2.24, 2.45) is 0 Å². The second kappa shape index (κ2) is 13.6. The summed E-state index contributed by atoms with van der Waals surface area (Å²) in [4.78, 5) is 28.8. The van der Waals surface area contributed by atoms with E-state index in [2.05, 4.69) is 5.32 Å². The van der Waals surface area contributed by atoms with E-state index in [9.17, 15) is 22.4 Å². The molecule has 0 spiro atoms. The van der Waals surface area contributed by atoms with Gasteiger partial charge in [-0.25, -0.2) is 12.8 Å². The molecule has 0 saturated heterocycles. The number of hydrogen-bond acceptors (Lipinski definition) is 4. The maximum atomic E-state index is 14.8. The Labute approximate surface area is 234 Å². The number of sulfonamides is 1. The first-order chi connectivity index (χ1) is 18.5. The zero-order chi connectivity index (χ0) is 28.6. The molecular weight excluding hydrogens is 541 g/mol. The van der Waals surface area contributed by atoms with Gasteiger partial charge < -0.3 is 10.2 Å². The molecule has 10 heteroatoms. The molecule has 0 bridgehead atoms. The molecule has 0 aliphatic carbocycles. The Kier molecular flexibility index (Phi) is 10.5. The van der Waals surface area contributed by atoms with Gasteiger partial charge in [0.1, 0.15) is 18.4 Å². The molecule has 3 rings (SSSR count). The second-order valence-corrected chi connectivity index (χ2v) is 11.7. The molecule has 0 unspecified atom stereocenters. The molecule has 1 N–H and O–H groups in total. The first-order valence-corrected chi connectivity index (χ1v) is 14.8. The van der Waals surface area contributed by atoms with E-state index in [0.29, 0.717) is 11.4 Å². The minimum Gasteiger partial charge on any atom is -0.352 e. The number of nitrogens with one attached hydrogen (secondary N) is 1. The molecule has 39 heavy (non-hydrogen) atoms. The van der Waals surface area contributed by atoms with Crippen LogP contribution in [0.3, 0.4) is 0 Å². The number of carbonyl (C=O) groups is 2. The molecule has 7 nitrogen and oxygen atoms in total. The van der Waals surface area contributed by atoms with Gasteiger partial charge >= 0.3 is 0 Å². The van der Waals surface area contributed by atoms with E-state index < -0.39 is 40.2 Å². The largest absolute Gasteiger partial charge is 0.352 e. The lowest BCUT2D eigenvalue weighted by atomic mass is 10.0. The van der Waals surface area contributed by atoms with Gasteiger partial charge in [-0.15, -0.1) is 0 Å². The summed E-state index contributed by atoms with van der Waals surface area (Å²) >= 11 is 5.98. The van der Waals surface area contributed by atoms with Crippen LogP contribution in [0.15, 0.2) is 78.9 Å². The van der Waals surface area contributed by atoms with E-state index in [0.717, 1.165) is 16.1 Å². The molecule has 0 aliphatic heterocycles. The zero-order valence-electron chi connectivity index (χ0n) is 22.2. The number of anilines is 1. The number of halogens is 2. The highest BCUT2D eigenvalue weighted by Crippen LogP contribution is 2.22. The number of nitrogens with zero attached hydrogens (tertiary/aromatic N) is 2. The SMILES string of the molecule is CC[C@@H](C)NC(=O)[C@@H](Cc1ccccc1)N(Cc1ccccc1F)C(=O)CN(c1ccc(Cl)cc1)S(C)(=O)=O. The number of carbonyl (C=O) groups excluding carboxylic acids is 2. The van der Waals surface area contributed by atoms with Crippen molar-refractivity contribution in [3.05, 3.63) is 101 Å². The fraction of sp³-hybridized carbons (Fsp3) is 0.310. The third-order valence-corrected chi connectivity index (χ3v) is 7.76. The van der Waals surface area contributed by atoms with Crippen molar-refractivity contribution >= 4 is 39.1 Å². The molecule has 208 valence electrons. The lowest BCUT2D eigenvalue weighted by molar-refractivity contribution is -0.140. The molecule has 0 fully saturated rings. The topological polar surface area (TPSA) is 86.8 Å². The third kappa shape index (κ3) is 8.53. The summed E-state index contributed by atoms with van der Waals surface area (Å²) in [5.41, 5.74) is 1.24. The predicted octanol–water partition coefficient (Wildman–Crippen LogP) is 4.80. The molecule has 2 amide bonds. The summed E-state index contributed by atoms with van der Waals surface area (Å²) in [5, 5.41) is 3.34. The van der Waals surface area contributed by atoms with E-state index in [-0.39, 0.29) is 30.3 Å². The molecular formula is C29H33ClFN3O4S. The Morgan fingerprint density at radius 2 is 1.59 bits per heavy atom. The quantitative estimate of drug-likeness (QED) is 0.337. The van der Waals surface area contributed by atoms with Crippen LogP contribution < -0.4 is 9.62 Å². The summed E-state index contributed by atoms with van der Waals surface area (Å²) in [6, 6.07) is 20.0. The fourth-order valence-corrected chi connectivity index (χ4v) is 5.00. The first-order valence-electron chi connectivity index (χ1n) is 12.6. The van der Waals surface area contributed by atoms with Gasteiger partial charge in [-0.2, -0.15) is 0 Å². The third-order valence-electron chi connectivity index (χ3n) is 6.36. The Morgan fingerprint density at radius 3 is 2.18 bits per heavy atom. The lowest BCUT2D eigenvalue weighted by Crippen LogP contribution is -2.54. The Balaban J connectivity index is 2.06. The average molecular weight is 574 g/mol. The second-order valence-electron chi connectivity index (χ2n) is 9.38. The normalized spacial score (nSPS) is 12.8. The monoisotopic (exact) mass is 573 g/mol. The Morgan fingerprint density at radius 1 is 0.974 bits per heavy atom. The van der Waals surface area contributed by atoms with Crippen LogP contribution in [0.5, 0.6) is 0 Å². The lowest BCUT2D eigenvalue weighted by Gasteiger charge is -2.34. The molecule has 0 aromatic heterocycles. The van der Waals surface area contributed by atoms with Gasteiger partial charge in [0.05, 0.1) is 11.9 Å². The van der Waals surface area contributed by atoms with Crippen LogP contribution in [-0.4, -0.2) is 50.0 Å². The molecule has 0 saturated carbocycles. The minimum atomic E-state index is -3.90. The summed E-state index contributed by atoms with van der Waals surface area (Å²) in [6.45, 7) is 2.97. The van der Waals surface area contributed by atoms with Crippen molar-refractivity contribution in [1.82, 2.24) is 10.2 Å². The van der Waals surface area contributed by atoms with Crippen LogP contribution in [0, 0.1) is 5.82 Å². The van der Waals surface area contributed by atoms with Crippen LogP contribution in [0.2, 0.25) is 5.02 Å². The summed E-state index contributed by atoms with van der Waals surface area (Å²) < 4.78 is 41.2. The van der Waals surface area contributed by atoms with Crippen LogP contribution in [0.25, 0.3) is 0 Å². The molecule has 0 radical (unpaired) electrons. The van der Waals surface area contributed by atoms with E-state index in [1.165, 1.54) is 47.4 Å². The highest BCUT2D eigenvalue weighted by Gasteiger charge is 2.33. The van der Waals surface area contributed by atoms with Crippen molar-refractivity contribution in [3.63, 3.8) is 0 Å². The first kappa shape index (κ1) is 30.1. The smallest absolute Gasteiger partial charge is 0.244 e. The molecule has 3 aromatic carbocycles. The van der Waals surface area contributed by atoms with E-state index >= 15 is 0 Å². The van der Waals surface area contributed by atoms with Crippen LogP contribution >= 0.6 is 11.6 Å². The molecule has 0 aliphatic rings. The van der Waals surface area contributed by atoms with Crippen molar-refractivity contribution in [2.45, 2.75) is 45.3 Å². The van der Waals surface area contributed by atoms with Crippen molar-refractivity contribution in [2.75, 3.05) is 17.1 Å². The van der Waals surface area contributed by atoms with Gasteiger partial charge in [0.2, 0.25) is 21.8 Å². The zero-order valence-corrected chi connectivity index (χ0v) is 23.8. The van der Waals surface area contributed by atoms with Gasteiger partial charge in [0, 0.05) is 29.6 Å². The summed E-state index contributed by atoms with van der Waals surface area (Å²) in [6.07, 6.45) is 1.82. The maximum absolute atomic E-state index is 14.8. The van der Waals surface area contributed by atoms with Crippen molar-refractivity contribution in [3.8, 4) is 0 Å². The van der Waals surface area contributed by atoms with Gasteiger partial charge in [-0.3, -0.25) is 13.9 Å². The van der Waals surface area contributed by atoms with Gasteiger partial charge in [-0.05, 0) is 49.2 Å². The molecule has 3 aromatic rings. The van der Waals surface area contributed by atoms with E-state index in [1.54, 1.807) is 6.07 Å². The molecule has 2 atom stereocenters. The Bertz CT molecular complexity index is 1370. The maximum Gasteiger partial charge on any atom is 0.244 e. The number of rotatable bonds is 12. The summed E-state index contributed by atoms with van der Waals surface area (Å²) in [7, 11) is -3.90. The number of amides is 2. The van der Waals surface area contributed by atoms with Crippen LogP contribution in [0.1, 0.15) is 31.4 Å². The Hall–Kier alpha value is -3.43. The standard InChI is InChI=1S/C29H33ClFN3O4S/c1-4-21(2)32-29(36)27(18-22-10-6-5-7-11-22)33(19-23-12-8-9-13-26(23)31)28(35)20-34(39(3,37)38)25-16-14-24(30)15-17-25/h5-17,21,27H,4,18-20H2,1-3H3,(H,32,36)/t21-,27-/m1/s1. The van der Waals surface area contributed by atoms with Crippen LogP contribution in [0.4, 0.5) is 10.1 Å². The summed E-state index contributed by atoms with van der Waals surface area (Å²) in [5.74, 6) is -1.59. The van der Waals surface area contributed by atoms with Crippen molar-refractivity contribution in [1.29, 1.82) is 0 Å². The predicted molar refractivity (Wildman–Crippen MR) is 152 cm³/mol. The average Bonchev–Trinajstić information content (AvgIpc) is 2.90. The van der Waals surface area contributed by atoms with Crippen molar-refractivity contribution < 1.29 is 22.4 Å². The number of hydrogen-bond donors (Lipinski definition) is 1. The van der Waals surface area contributed by atoms with Gasteiger partial charge in [0.25, 0.3) is 0 Å². The molecule has 0 heterocycles.